The molecule has 3 heteroatoms. The molecule has 0 aliphatic carbocycles. The van der Waals surface area contributed by atoms with Gasteiger partial charge < -0.3 is 10.0 Å². The fourth-order valence-electron chi connectivity index (χ4n) is 1.65. The Morgan fingerprint density at radius 2 is 1.81 bits per heavy atom. The predicted octanol–water partition coefficient (Wildman–Crippen LogP) is 2.49. The molecule has 1 aromatic rings. The zero-order valence-corrected chi connectivity index (χ0v) is 10.4. The van der Waals surface area contributed by atoms with Gasteiger partial charge in [-0.3, -0.25) is 4.79 Å². The van der Waals surface area contributed by atoms with Gasteiger partial charge in [0.25, 0.3) is 5.91 Å². The SMILES string of the molecule is CCN(CC)C(=O)c1ccc(C)c(C)c1O. The van der Waals surface area contributed by atoms with Gasteiger partial charge in [0, 0.05) is 13.1 Å². The second kappa shape index (κ2) is 5.01. The quantitative estimate of drug-likeness (QED) is 0.852. The third kappa shape index (κ3) is 2.18. The Morgan fingerprint density at radius 1 is 1.25 bits per heavy atom. The molecule has 0 aliphatic rings. The molecule has 0 saturated heterocycles. The van der Waals surface area contributed by atoms with Crippen LogP contribution in [0.2, 0.25) is 0 Å². The van der Waals surface area contributed by atoms with Crippen molar-refractivity contribution in [2.24, 2.45) is 0 Å². The van der Waals surface area contributed by atoms with Crippen LogP contribution in [0.15, 0.2) is 12.1 Å². The lowest BCUT2D eigenvalue weighted by atomic mass is 10.0. The van der Waals surface area contributed by atoms with Crippen molar-refractivity contribution in [3.63, 3.8) is 0 Å². The molecule has 1 amide bonds. The average Bonchev–Trinajstić information content (AvgIpc) is 2.27. The van der Waals surface area contributed by atoms with Gasteiger partial charge in [0.05, 0.1) is 5.56 Å². The summed E-state index contributed by atoms with van der Waals surface area (Å²) in [5, 5.41) is 9.94. The molecule has 1 N–H and O–H groups in total. The second-order valence-corrected chi connectivity index (χ2v) is 3.88. The number of phenols is 1. The molecular weight excluding hydrogens is 202 g/mol. The summed E-state index contributed by atoms with van der Waals surface area (Å²) in [4.78, 5) is 13.8. The maximum absolute atomic E-state index is 12.1. The Bertz CT molecular complexity index is 395. The number of hydrogen-bond donors (Lipinski definition) is 1. The Hall–Kier alpha value is -1.51. The van der Waals surface area contributed by atoms with E-state index >= 15 is 0 Å². The molecular formula is C13H19NO2. The first-order valence-electron chi connectivity index (χ1n) is 5.61. The van der Waals surface area contributed by atoms with Gasteiger partial charge in [-0.15, -0.1) is 0 Å². The number of phenolic OH excluding ortho intramolecular Hbond substituents is 1. The molecule has 0 saturated carbocycles. The van der Waals surface area contributed by atoms with Crippen LogP contribution in [0.3, 0.4) is 0 Å². The normalized spacial score (nSPS) is 10.2. The Morgan fingerprint density at radius 3 is 2.31 bits per heavy atom. The molecule has 1 aromatic carbocycles. The van der Waals surface area contributed by atoms with E-state index in [0.29, 0.717) is 18.7 Å². The lowest BCUT2D eigenvalue weighted by Crippen LogP contribution is -2.30. The van der Waals surface area contributed by atoms with Gasteiger partial charge >= 0.3 is 0 Å². The van der Waals surface area contributed by atoms with Gasteiger partial charge in [-0.25, -0.2) is 0 Å². The van der Waals surface area contributed by atoms with Crippen molar-refractivity contribution >= 4 is 5.91 Å². The first-order valence-corrected chi connectivity index (χ1v) is 5.61. The van der Waals surface area contributed by atoms with E-state index in [0.717, 1.165) is 11.1 Å². The van der Waals surface area contributed by atoms with Crippen molar-refractivity contribution in [1.29, 1.82) is 0 Å². The molecule has 3 nitrogen and oxygen atoms in total. The van der Waals surface area contributed by atoms with Gasteiger partial charge in [0.1, 0.15) is 5.75 Å². The van der Waals surface area contributed by atoms with Crippen LogP contribution in [-0.4, -0.2) is 29.0 Å². The van der Waals surface area contributed by atoms with Crippen molar-refractivity contribution in [2.45, 2.75) is 27.7 Å². The van der Waals surface area contributed by atoms with Crippen molar-refractivity contribution in [2.75, 3.05) is 13.1 Å². The van der Waals surface area contributed by atoms with E-state index in [1.165, 1.54) is 0 Å². The van der Waals surface area contributed by atoms with Gasteiger partial charge in [-0.05, 0) is 44.9 Å². The van der Waals surface area contributed by atoms with Crippen LogP contribution >= 0.6 is 0 Å². The minimum atomic E-state index is -0.106. The van der Waals surface area contributed by atoms with Crippen LogP contribution in [0.25, 0.3) is 0 Å². The number of carbonyl (C=O) groups is 1. The maximum atomic E-state index is 12.1. The fourth-order valence-corrected chi connectivity index (χ4v) is 1.65. The monoisotopic (exact) mass is 221 g/mol. The largest absolute Gasteiger partial charge is 0.507 e. The zero-order valence-electron chi connectivity index (χ0n) is 10.4. The molecule has 0 spiro atoms. The third-order valence-corrected chi connectivity index (χ3v) is 2.98. The lowest BCUT2D eigenvalue weighted by Gasteiger charge is -2.20. The molecule has 16 heavy (non-hydrogen) atoms. The molecule has 0 radical (unpaired) electrons. The number of nitrogens with zero attached hydrogens (tertiary/aromatic N) is 1. The number of aromatic hydroxyl groups is 1. The highest BCUT2D eigenvalue weighted by Gasteiger charge is 2.17. The molecule has 0 unspecified atom stereocenters. The molecule has 1 rings (SSSR count). The standard InChI is InChI=1S/C13H19NO2/c1-5-14(6-2)13(16)11-8-7-9(3)10(4)12(11)15/h7-8,15H,5-6H2,1-4H3. The average molecular weight is 221 g/mol. The van der Waals surface area contributed by atoms with E-state index in [-0.39, 0.29) is 11.7 Å². The Labute approximate surface area is 96.7 Å². The predicted molar refractivity (Wildman–Crippen MR) is 64.8 cm³/mol. The number of rotatable bonds is 3. The highest BCUT2D eigenvalue weighted by atomic mass is 16.3. The van der Waals surface area contributed by atoms with Crippen LogP contribution in [-0.2, 0) is 0 Å². The number of amides is 1. The Kier molecular flexibility index (Phi) is 3.93. The van der Waals surface area contributed by atoms with Crippen molar-refractivity contribution in [3.05, 3.63) is 28.8 Å². The molecule has 0 bridgehead atoms. The van der Waals surface area contributed by atoms with Crippen LogP contribution < -0.4 is 0 Å². The minimum absolute atomic E-state index is 0.106. The third-order valence-electron chi connectivity index (χ3n) is 2.98. The van der Waals surface area contributed by atoms with E-state index in [1.807, 2.05) is 33.8 Å². The summed E-state index contributed by atoms with van der Waals surface area (Å²) in [5.74, 6) is 0.00231. The number of hydrogen-bond acceptors (Lipinski definition) is 2. The van der Waals surface area contributed by atoms with Gasteiger partial charge in [-0.2, -0.15) is 0 Å². The fraction of sp³-hybridized carbons (Fsp3) is 0.462. The van der Waals surface area contributed by atoms with E-state index in [4.69, 9.17) is 0 Å². The summed E-state index contributed by atoms with van der Waals surface area (Å²) in [5.41, 5.74) is 2.17. The number of benzene rings is 1. The summed E-state index contributed by atoms with van der Waals surface area (Å²) in [6.07, 6.45) is 0. The van der Waals surface area contributed by atoms with Crippen molar-refractivity contribution in [1.82, 2.24) is 4.90 Å². The summed E-state index contributed by atoms with van der Waals surface area (Å²) >= 11 is 0. The van der Waals surface area contributed by atoms with Crippen molar-refractivity contribution < 1.29 is 9.90 Å². The minimum Gasteiger partial charge on any atom is -0.507 e. The van der Waals surface area contributed by atoms with E-state index in [1.54, 1.807) is 11.0 Å². The molecule has 0 atom stereocenters. The molecule has 0 fully saturated rings. The summed E-state index contributed by atoms with van der Waals surface area (Å²) in [6, 6.07) is 3.56. The second-order valence-electron chi connectivity index (χ2n) is 3.88. The summed E-state index contributed by atoms with van der Waals surface area (Å²) in [7, 11) is 0. The molecule has 0 aliphatic heterocycles. The van der Waals surface area contributed by atoms with Gasteiger partial charge in [0.15, 0.2) is 0 Å². The summed E-state index contributed by atoms with van der Waals surface area (Å²) < 4.78 is 0. The topological polar surface area (TPSA) is 40.5 Å². The molecule has 0 heterocycles. The highest BCUT2D eigenvalue weighted by Crippen LogP contribution is 2.25. The number of aryl methyl sites for hydroxylation is 1. The van der Waals surface area contributed by atoms with Crippen molar-refractivity contribution in [3.8, 4) is 5.75 Å². The van der Waals surface area contributed by atoms with Gasteiger partial charge in [0.2, 0.25) is 0 Å². The Balaban J connectivity index is 3.14. The van der Waals surface area contributed by atoms with Crippen LogP contribution in [0.4, 0.5) is 0 Å². The molecule has 88 valence electrons. The highest BCUT2D eigenvalue weighted by molar-refractivity contribution is 5.97. The van der Waals surface area contributed by atoms with Crippen LogP contribution in [0.1, 0.15) is 35.3 Å². The van der Waals surface area contributed by atoms with E-state index in [9.17, 15) is 9.90 Å². The van der Waals surface area contributed by atoms with Gasteiger partial charge in [-0.1, -0.05) is 6.07 Å². The summed E-state index contributed by atoms with van der Waals surface area (Å²) in [6.45, 7) is 8.91. The van der Waals surface area contributed by atoms with Crippen LogP contribution in [0, 0.1) is 13.8 Å². The number of carbonyl (C=O) groups excluding carboxylic acids is 1. The van der Waals surface area contributed by atoms with E-state index < -0.39 is 0 Å². The molecule has 0 aromatic heterocycles. The first-order chi connectivity index (χ1) is 7.52. The van der Waals surface area contributed by atoms with Crippen LogP contribution in [0.5, 0.6) is 5.75 Å². The first kappa shape index (κ1) is 12.6. The van der Waals surface area contributed by atoms with E-state index in [2.05, 4.69) is 0 Å². The lowest BCUT2D eigenvalue weighted by molar-refractivity contribution is 0.0770. The zero-order chi connectivity index (χ0) is 12.3. The smallest absolute Gasteiger partial charge is 0.257 e. The maximum Gasteiger partial charge on any atom is 0.257 e.